The Labute approximate surface area is 104 Å². The lowest BCUT2D eigenvalue weighted by molar-refractivity contribution is -0.137. The van der Waals surface area contributed by atoms with E-state index in [-0.39, 0.29) is 24.3 Å². The second-order valence-electron chi connectivity index (χ2n) is 3.90. The van der Waals surface area contributed by atoms with Gasteiger partial charge in [0.1, 0.15) is 0 Å². The first kappa shape index (κ1) is 13.8. The number of carboxylic acids is 1. The Morgan fingerprint density at radius 3 is 2.56 bits per heavy atom. The van der Waals surface area contributed by atoms with Gasteiger partial charge in [-0.2, -0.15) is 0 Å². The molecule has 0 heterocycles. The van der Waals surface area contributed by atoms with E-state index in [4.69, 9.17) is 5.11 Å². The van der Waals surface area contributed by atoms with Crippen molar-refractivity contribution in [3.05, 3.63) is 23.8 Å². The summed E-state index contributed by atoms with van der Waals surface area (Å²) in [5.74, 6) is -2.21. The van der Waals surface area contributed by atoms with Crippen LogP contribution in [-0.4, -0.2) is 45.7 Å². The van der Waals surface area contributed by atoms with Crippen molar-refractivity contribution in [2.45, 2.75) is 12.8 Å². The van der Waals surface area contributed by atoms with Crippen LogP contribution >= 0.6 is 0 Å². The molecule has 0 unspecified atom stereocenters. The third-order valence-corrected chi connectivity index (χ3v) is 2.48. The Morgan fingerprint density at radius 1 is 1.28 bits per heavy atom. The van der Waals surface area contributed by atoms with Crippen LogP contribution in [-0.2, 0) is 4.79 Å². The van der Waals surface area contributed by atoms with Crippen LogP contribution in [0.5, 0.6) is 11.5 Å². The highest BCUT2D eigenvalue weighted by molar-refractivity contribution is 5.97. The summed E-state index contributed by atoms with van der Waals surface area (Å²) in [5.41, 5.74) is -0.00664. The summed E-state index contributed by atoms with van der Waals surface area (Å²) in [6, 6.07) is 4.12. The highest BCUT2D eigenvalue weighted by Crippen LogP contribution is 2.28. The molecule has 0 fully saturated rings. The summed E-state index contributed by atoms with van der Waals surface area (Å²) in [5, 5.41) is 27.3. The van der Waals surface area contributed by atoms with Crippen molar-refractivity contribution in [3.63, 3.8) is 0 Å². The van der Waals surface area contributed by atoms with Gasteiger partial charge in [0, 0.05) is 20.0 Å². The number of benzene rings is 1. The summed E-state index contributed by atoms with van der Waals surface area (Å²) < 4.78 is 0. The lowest BCUT2D eigenvalue weighted by Gasteiger charge is -2.17. The molecule has 1 amide bonds. The minimum atomic E-state index is -0.920. The zero-order valence-corrected chi connectivity index (χ0v) is 9.96. The van der Waals surface area contributed by atoms with Crippen LogP contribution in [0.2, 0.25) is 0 Å². The van der Waals surface area contributed by atoms with Crippen LogP contribution in [0, 0.1) is 0 Å². The van der Waals surface area contributed by atoms with Gasteiger partial charge in [0.25, 0.3) is 5.91 Å². The first-order valence-electron chi connectivity index (χ1n) is 5.41. The fraction of sp³-hybridized carbons (Fsp3) is 0.333. The van der Waals surface area contributed by atoms with E-state index in [1.165, 1.54) is 30.1 Å². The topological polar surface area (TPSA) is 98.1 Å². The zero-order chi connectivity index (χ0) is 13.7. The van der Waals surface area contributed by atoms with Crippen LogP contribution in [0.1, 0.15) is 23.2 Å². The number of aliphatic carboxylic acids is 1. The van der Waals surface area contributed by atoms with Crippen molar-refractivity contribution < 1.29 is 24.9 Å². The molecule has 0 radical (unpaired) electrons. The van der Waals surface area contributed by atoms with Crippen molar-refractivity contribution in [3.8, 4) is 11.5 Å². The van der Waals surface area contributed by atoms with Crippen molar-refractivity contribution in [1.82, 2.24) is 4.90 Å². The molecule has 6 nitrogen and oxygen atoms in total. The van der Waals surface area contributed by atoms with Crippen molar-refractivity contribution >= 4 is 11.9 Å². The van der Waals surface area contributed by atoms with Gasteiger partial charge in [0.05, 0.1) is 5.56 Å². The van der Waals surface area contributed by atoms with Gasteiger partial charge < -0.3 is 20.2 Å². The van der Waals surface area contributed by atoms with Gasteiger partial charge in [-0.15, -0.1) is 0 Å². The summed E-state index contributed by atoms with van der Waals surface area (Å²) >= 11 is 0. The minimum Gasteiger partial charge on any atom is -0.504 e. The molecule has 0 spiro atoms. The fourth-order valence-corrected chi connectivity index (χ4v) is 1.48. The molecular weight excluding hydrogens is 238 g/mol. The molecule has 18 heavy (non-hydrogen) atoms. The molecule has 0 atom stereocenters. The van der Waals surface area contributed by atoms with Gasteiger partial charge in [0.15, 0.2) is 11.5 Å². The van der Waals surface area contributed by atoms with E-state index in [1.807, 2.05) is 0 Å². The van der Waals surface area contributed by atoms with E-state index in [0.29, 0.717) is 6.42 Å². The van der Waals surface area contributed by atoms with Crippen LogP contribution in [0.3, 0.4) is 0 Å². The maximum absolute atomic E-state index is 11.9. The van der Waals surface area contributed by atoms with Gasteiger partial charge in [-0.1, -0.05) is 6.07 Å². The molecule has 0 aliphatic carbocycles. The zero-order valence-electron chi connectivity index (χ0n) is 9.96. The monoisotopic (exact) mass is 253 g/mol. The maximum Gasteiger partial charge on any atom is 0.303 e. The van der Waals surface area contributed by atoms with Crippen molar-refractivity contribution in [2.24, 2.45) is 0 Å². The molecule has 1 rings (SSSR count). The second-order valence-corrected chi connectivity index (χ2v) is 3.90. The SMILES string of the molecule is CN(CCCC(=O)O)C(=O)c1cccc(O)c1O. The predicted molar refractivity (Wildman–Crippen MR) is 63.6 cm³/mol. The van der Waals surface area contributed by atoms with Crippen LogP contribution in [0.4, 0.5) is 0 Å². The van der Waals surface area contributed by atoms with Gasteiger partial charge in [-0.05, 0) is 18.6 Å². The second kappa shape index (κ2) is 5.90. The molecule has 0 aromatic heterocycles. The van der Waals surface area contributed by atoms with Gasteiger partial charge >= 0.3 is 5.97 Å². The molecule has 1 aromatic rings. The number of nitrogens with zero attached hydrogens (tertiary/aromatic N) is 1. The number of phenols is 2. The predicted octanol–water partition coefficient (Wildman–Crippen LogP) is 1.03. The summed E-state index contributed by atoms with van der Waals surface area (Å²) in [7, 11) is 1.51. The first-order valence-corrected chi connectivity index (χ1v) is 5.41. The van der Waals surface area contributed by atoms with Crippen molar-refractivity contribution in [2.75, 3.05) is 13.6 Å². The minimum absolute atomic E-state index is 0.00664. The molecule has 0 saturated carbocycles. The molecule has 98 valence electrons. The van der Waals surface area contributed by atoms with Crippen LogP contribution in [0.25, 0.3) is 0 Å². The average molecular weight is 253 g/mol. The molecule has 0 aliphatic heterocycles. The lowest BCUT2D eigenvalue weighted by atomic mass is 10.1. The standard InChI is InChI=1S/C12H15NO5/c1-13(7-3-6-10(15)16)12(18)8-4-2-5-9(14)11(8)17/h2,4-5,14,17H,3,6-7H2,1H3,(H,15,16). The Balaban J connectivity index is 2.69. The number of para-hydroxylation sites is 1. The summed E-state index contributed by atoms with van der Waals surface area (Å²) in [4.78, 5) is 23.5. The van der Waals surface area contributed by atoms with Crippen LogP contribution in [0.15, 0.2) is 18.2 Å². The number of aromatic hydroxyl groups is 2. The molecule has 1 aromatic carbocycles. The number of phenolic OH excluding ortho intramolecular Hbond substituents is 2. The van der Waals surface area contributed by atoms with E-state index in [2.05, 4.69) is 0 Å². The summed E-state index contributed by atoms with van der Waals surface area (Å²) in [6.45, 7) is 0.264. The highest BCUT2D eigenvalue weighted by Gasteiger charge is 2.17. The Bertz CT molecular complexity index is 458. The third-order valence-electron chi connectivity index (χ3n) is 2.48. The number of amides is 1. The number of rotatable bonds is 5. The number of carboxylic acid groups (broad SMARTS) is 1. The first-order chi connectivity index (χ1) is 8.43. The number of hydrogen-bond acceptors (Lipinski definition) is 4. The van der Waals surface area contributed by atoms with E-state index >= 15 is 0 Å². The average Bonchev–Trinajstić information content (AvgIpc) is 2.31. The highest BCUT2D eigenvalue weighted by atomic mass is 16.4. The van der Waals surface area contributed by atoms with Crippen molar-refractivity contribution in [1.29, 1.82) is 0 Å². The van der Waals surface area contributed by atoms with Gasteiger partial charge in [-0.25, -0.2) is 0 Å². The van der Waals surface area contributed by atoms with E-state index in [9.17, 15) is 19.8 Å². The Hall–Kier alpha value is -2.24. The summed E-state index contributed by atoms with van der Waals surface area (Å²) in [6.07, 6.45) is 0.306. The normalized spacial score (nSPS) is 10.1. The van der Waals surface area contributed by atoms with Crippen LogP contribution < -0.4 is 0 Å². The fourth-order valence-electron chi connectivity index (χ4n) is 1.48. The quantitative estimate of drug-likeness (QED) is 0.681. The number of hydrogen-bond donors (Lipinski definition) is 3. The maximum atomic E-state index is 11.9. The smallest absolute Gasteiger partial charge is 0.303 e. The van der Waals surface area contributed by atoms with E-state index in [1.54, 1.807) is 0 Å². The molecular formula is C12H15NO5. The van der Waals surface area contributed by atoms with Gasteiger partial charge in [0.2, 0.25) is 0 Å². The van der Waals surface area contributed by atoms with E-state index in [0.717, 1.165) is 0 Å². The molecule has 6 heteroatoms. The lowest BCUT2D eigenvalue weighted by Crippen LogP contribution is -2.28. The molecule has 0 aliphatic rings. The van der Waals surface area contributed by atoms with Gasteiger partial charge in [-0.3, -0.25) is 9.59 Å². The molecule has 0 bridgehead atoms. The Morgan fingerprint density at radius 2 is 1.94 bits per heavy atom. The Kier molecular flexibility index (Phi) is 4.53. The largest absolute Gasteiger partial charge is 0.504 e. The van der Waals surface area contributed by atoms with E-state index < -0.39 is 17.6 Å². The molecule has 3 N–H and O–H groups in total. The number of carbonyl (C=O) groups is 2. The number of carbonyl (C=O) groups excluding carboxylic acids is 1. The third kappa shape index (κ3) is 3.38. The molecule has 0 saturated heterocycles.